The van der Waals surface area contributed by atoms with E-state index >= 15 is 0 Å². The zero-order chi connectivity index (χ0) is 21.3. The van der Waals surface area contributed by atoms with Crippen LogP contribution in [-0.4, -0.2) is 42.5 Å². The first kappa shape index (κ1) is 20.4. The molecular weight excluding hydrogens is 398 g/mol. The number of nitrogens with two attached hydrogens (primary N) is 1. The van der Waals surface area contributed by atoms with Crippen LogP contribution < -0.4 is 5.73 Å². The van der Waals surface area contributed by atoms with Crippen molar-refractivity contribution in [3.05, 3.63) is 65.4 Å². The van der Waals surface area contributed by atoms with Gasteiger partial charge in [0.2, 0.25) is 10.0 Å². The highest BCUT2D eigenvalue weighted by atomic mass is 32.2. The molecular formula is C23H25N3O3S. The normalized spacial score (nSPS) is 15.4. The van der Waals surface area contributed by atoms with E-state index in [1.54, 1.807) is 11.2 Å². The first-order valence-electron chi connectivity index (χ1n) is 10.1. The molecule has 0 atom stereocenters. The van der Waals surface area contributed by atoms with E-state index in [0.717, 1.165) is 27.6 Å². The number of carbonyl (C=O) groups is 1. The van der Waals surface area contributed by atoms with Crippen LogP contribution in [0.15, 0.2) is 54.2 Å². The van der Waals surface area contributed by atoms with Gasteiger partial charge in [0.15, 0.2) is 0 Å². The van der Waals surface area contributed by atoms with Crippen LogP contribution in [0, 0.1) is 0 Å². The number of hydrogen-bond donors (Lipinski definition) is 2. The average Bonchev–Trinajstić information content (AvgIpc) is 3.16. The Labute approximate surface area is 176 Å². The monoisotopic (exact) mass is 423 g/mol. The number of H-pyrrole nitrogens is 1. The van der Waals surface area contributed by atoms with Crippen LogP contribution >= 0.6 is 0 Å². The van der Waals surface area contributed by atoms with E-state index in [0.29, 0.717) is 31.5 Å². The summed E-state index contributed by atoms with van der Waals surface area (Å²) in [7, 11) is -3.14. The molecule has 3 aromatic rings. The number of carbonyl (C=O) groups excluding carboxylic acids is 1. The summed E-state index contributed by atoms with van der Waals surface area (Å²) < 4.78 is 25.7. The molecule has 156 valence electrons. The second-order valence-electron chi connectivity index (χ2n) is 7.52. The van der Waals surface area contributed by atoms with Gasteiger partial charge in [0.05, 0.1) is 16.8 Å². The summed E-state index contributed by atoms with van der Waals surface area (Å²) in [6.45, 7) is 2.69. The summed E-state index contributed by atoms with van der Waals surface area (Å²) in [4.78, 5) is 15.3. The molecule has 1 saturated heterocycles. The summed E-state index contributed by atoms with van der Waals surface area (Å²) in [6.07, 6.45) is 5.39. The van der Waals surface area contributed by atoms with Crippen LogP contribution in [0.25, 0.3) is 28.1 Å². The minimum atomic E-state index is -3.14. The maximum absolute atomic E-state index is 12.1. The molecule has 1 amide bonds. The molecule has 2 aromatic carbocycles. The number of sulfonamides is 1. The van der Waals surface area contributed by atoms with Gasteiger partial charge in [-0.15, -0.1) is 0 Å². The number of hydrogen-bond acceptors (Lipinski definition) is 3. The zero-order valence-electron chi connectivity index (χ0n) is 16.9. The number of rotatable bonds is 5. The van der Waals surface area contributed by atoms with Crippen molar-refractivity contribution in [2.45, 2.75) is 19.8 Å². The molecule has 0 saturated carbocycles. The predicted molar refractivity (Wildman–Crippen MR) is 120 cm³/mol. The first-order valence-corrected chi connectivity index (χ1v) is 11.7. The third-order valence-electron chi connectivity index (χ3n) is 5.68. The van der Waals surface area contributed by atoms with Crippen molar-refractivity contribution in [1.29, 1.82) is 0 Å². The standard InChI is InChI=1S/C23H25N3O3S/c1-2-30(28,29)26-10-8-16(9-11-26)12-19-15-25-22-20(19)13-18(14-21(22)23(24)27)17-6-4-3-5-7-17/h3-7,12-15,25H,2,8-11H2,1H3,(H2,24,27). The van der Waals surface area contributed by atoms with Crippen molar-refractivity contribution in [3.63, 3.8) is 0 Å². The lowest BCUT2D eigenvalue weighted by molar-refractivity contribution is 0.100. The minimum Gasteiger partial charge on any atom is -0.366 e. The number of nitrogens with zero attached hydrogens (tertiary/aromatic N) is 1. The summed E-state index contributed by atoms with van der Waals surface area (Å²) in [5, 5.41) is 0.932. The Hall–Kier alpha value is -2.90. The van der Waals surface area contributed by atoms with Gasteiger partial charge in [0, 0.05) is 24.7 Å². The number of amides is 1. The fourth-order valence-electron chi connectivity index (χ4n) is 3.96. The molecule has 0 bridgehead atoms. The van der Waals surface area contributed by atoms with E-state index in [9.17, 15) is 13.2 Å². The van der Waals surface area contributed by atoms with Crippen LogP contribution in [0.5, 0.6) is 0 Å². The highest BCUT2D eigenvalue weighted by Crippen LogP contribution is 2.31. The molecule has 0 spiro atoms. The fraction of sp³-hybridized carbons (Fsp3) is 0.261. The molecule has 6 nitrogen and oxygen atoms in total. The van der Waals surface area contributed by atoms with Crippen LogP contribution in [0.4, 0.5) is 0 Å². The van der Waals surface area contributed by atoms with Gasteiger partial charge in [0.25, 0.3) is 5.91 Å². The van der Waals surface area contributed by atoms with E-state index in [1.807, 2.05) is 42.6 Å². The SMILES string of the molecule is CCS(=O)(=O)N1CCC(=Cc2c[nH]c3c(C(N)=O)cc(-c4ccccc4)cc23)CC1. The largest absolute Gasteiger partial charge is 0.366 e. The Balaban J connectivity index is 1.71. The van der Waals surface area contributed by atoms with Crippen molar-refractivity contribution < 1.29 is 13.2 Å². The van der Waals surface area contributed by atoms with Crippen LogP contribution in [0.3, 0.4) is 0 Å². The number of aromatic nitrogens is 1. The van der Waals surface area contributed by atoms with Crippen LogP contribution in [0.2, 0.25) is 0 Å². The molecule has 4 rings (SSSR count). The number of fused-ring (bicyclic) bond motifs is 1. The Bertz CT molecular complexity index is 1220. The van der Waals surface area contributed by atoms with Crippen molar-refractivity contribution in [2.24, 2.45) is 5.73 Å². The second-order valence-corrected chi connectivity index (χ2v) is 9.78. The van der Waals surface area contributed by atoms with E-state index in [2.05, 4.69) is 17.1 Å². The number of benzene rings is 2. The molecule has 3 N–H and O–H groups in total. The topological polar surface area (TPSA) is 96.3 Å². The minimum absolute atomic E-state index is 0.132. The lowest BCUT2D eigenvalue weighted by Crippen LogP contribution is -2.37. The van der Waals surface area contributed by atoms with Crippen LogP contribution in [-0.2, 0) is 10.0 Å². The van der Waals surface area contributed by atoms with Crippen molar-refractivity contribution in [3.8, 4) is 11.1 Å². The van der Waals surface area contributed by atoms with Gasteiger partial charge in [-0.3, -0.25) is 4.79 Å². The molecule has 1 fully saturated rings. The van der Waals surface area contributed by atoms with Crippen molar-refractivity contribution >= 4 is 32.9 Å². The molecule has 0 aliphatic carbocycles. The van der Waals surface area contributed by atoms with E-state index in [-0.39, 0.29) is 5.75 Å². The molecule has 30 heavy (non-hydrogen) atoms. The van der Waals surface area contributed by atoms with Gasteiger partial charge in [-0.1, -0.05) is 42.0 Å². The molecule has 7 heteroatoms. The van der Waals surface area contributed by atoms with Gasteiger partial charge in [-0.25, -0.2) is 12.7 Å². The van der Waals surface area contributed by atoms with Crippen molar-refractivity contribution in [2.75, 3.05) is 18.8 Å². The summed E-state index contributed by atoms with van der Waals surface area (Å²) in [6, 6.07) is 13.8. The van der Waals surface area contributed by atoms with Gasteiger partial charge in [-0.05, 0) is 48.6 Å². The molecule has 0 radical (unpaired) electrons. The molecule has 1 aliphatic heterocycles. The third kappa shape index (κ3) is 3.91. The van der Waals surface area contributed by atoms with Gasteiger partial charge < -0.3 is 10.7 Å². The number of nitrogens with one attached hydrogen (secondary N) is 1. The Morgan fingerprint density at radius 3 is 2.47 bits per heavy atom. The first-order chi connectivity index (χ1) is 14.4. The number of aromatic amines is 1. The summed E-state index contributed by atoms with van der Waals surface area (Å²) in [5.41, 5.74) is 11.0. The predicted octanol–water partition coefficient (Wildman–Crippen LogP) is 3.76. The second kappa shape index (κ2) is 8.08. The van der Waals surface area contributed by atoms with E-state index < -0.39 is 15.9 Å². The maximum atomic E-state index is 12.1. The average molecular weight is 424 g/mol. The van der Waals surface area contributed by atoms with Crippen molar-refractivity contribution in [1.82, 2.24) is 9.29 Å². The van der Waals surface area contributed by atoms with Gasteiger partial charge in [-0.2, -0.15) is 0 Å². The highest BCUT2D eigenvalue weighted by Gasteiger charge is 2.24. The lowest BCUT2D eigenvalue weighted by Gasteiger charge is -2.27. The maximum Gasteiger partial charge on any atom is 0.250 e. The molecule has 1 aliphatic rings. The van der Waals surface area contributed by atoms with Gasteiger partial charge >= 0.3 is 0 Å². The smallest absolute Gasteiger partial charge is 0.250 e. The molecule has 2 heterocycles. The molecule has 1 aromatic heterocycles. The third-order valence-corrected chi connectivity index (χ3v) is 7.56. The Morgan fingerprint density at radius 1 is 1.13 bits per heavy atom. The lowest BCUT2D eigenvalue weighted by atomic mass is 9.97. The number of piperidine rings is 1. The Kier molecular flexibility index (Phi) is 5.49. The summed E-state index contributed by atoms with van der Waals surface area (Å²) in [5.74, 6) is -0.343. The highest BCUT2D eigenvalue weighted by molar-refractivity contribution is 7.89. The van der Waals surface area contributed by atoms with E-state index in [4.69, 9.17) is 5.73 Å². The summed E-state index contributed by atoms with van der Waals surface area (Å²) >= 11 is 0. The quantitative estimate of drug-likeness (QED) is 0.654. The molecule has 0 unspecified atom stereocenters. The van der Waals surface area contributed by atoms with E-state index in [1.165, 1.54) is 5.57 Å². The van der Waals surface area contributed by atoms with Gasteiger partial charge in [0.1, 0.15) is 0 Å². The zero-order valence-corrected chi connectivity index (χ0v) is 17.7. The fourth-order valence-corrected chi connectivity index (χ4v) is 5.07. The number of primary amides is 1. The van der Waals surface area contributed by atoms with Crippen LogP contribution in [0.1, 0.15) is 35.7 Å². The Morgan fingerprint density at radius 2 is 1.83 bits per heavy atom.